The van der Waals surface area contributed by atoms with Gasteiger partial charge in [0.05, 0.1) is 12.2 Å². The Balaban J connectivity index is 1.20. The number of para-hydroxylation sites is 3. The molecular weight excluding hydrogens is 348 g/mol. The molecule has 4 aliphatic carbocycles. The number of nitrogens with one attached hydrogen (secondary N) is 2. The van der Waals surface area contributed by atoms with Crippen LogP contribution in [0.25, 0.3) is 0 Å². The molecule has 4 nitrogen and oxygen atoms in total. The second-order valence-electron chi connectivity index (χ2n) is 8.80. The largest absolute Gasteiger partial charge is 0.455 e. The first kappa shape index (κ1) is 17.7. The molecule has 4 heteroatoms. The Bertz CT molecular complexity index is 808. The highest BCUT2D eigenvalue weighted by molar-refractivity contribution is 5.93. The lowest BCUT2D eigenvalue weighted by Gasteiger charge is -2.54. The molecule has 0 aromatic heterocycles. The van der Waals surface area contributed by atoms with Gasteiger partial charge < -0.3 is 15.4 Å². The number of amides is 1. The van der Waals surface area contributed by atoms with E-state index in [-0.39, 0.29) is 5.91 Å². The van der Waals surface area contributed by atoms with Gasteiger partial charge in [-0.25, -0.2) is 0 Å². The molecule has 0 saturated heterocycles. The predicted octanol–water partition coefficient (Wildman–Crippen LogP) is 4.83. The number of carbonyl (C=O) groups is 1. The number of benzene rings is 2. The van der Waals surface area contributed by atoms with Crippen molar-refractivity contribution in [2.75, 3.05) is 11.9 Å². The highest BCUT2D eigenvalue weighted by atomic mass is 16.5. The minimum Gasteiger partial charge on any atom is -0.455 e. The fourth-order valence-corrected chi connectivity index (χ4v) is 5.94. The van der Waals surface area contributed by atoms with Gasteiger partial charge in [-0.1, -0.05) is 30.3 Å². The van der Waals surface area contributed by atoms with E-state index in [1.807, 2.05) is 54.6 Å². The topological polar surface area (TPSA) is 50.4 Å². The summed E-state index contributed by atoms with van der Waals surface area (Å²) in [6.45, 7) is 0.368. The van der Waals surface area contributed by atoms with Gasteiger partial charge in [0, 0.05) is 6.04 Å². The van der Waals surface area contributed by atoms with Crippen LogP contribution in [0.5, 0.6) is 11.5 Å². The zero-order chi connectivity index (χ0) is 18.9. The van der Waals surface area contributed by atoms with E-state index in [0.717, 1.165) is 29.4 Å². The Morgan fingerprint density at radius 1 is 0.857 bits per heavy atom. The summed E-state index contributed by atoms with van der Waals surface area (Å²) in [4.78, 5) is 12.6. The van der Waals surface area contributed by atoms with Gasteiger partial charge in [-0.2, -0.15) is 0 Å². The van der Waals surface area contributed by atoms with Crippen LogP contribution >= 0.6 is 0 Å². The Hall–Kier alpha value is -2.33. The summed E-state index contributed by atoms with van der Waals surface area (Å²) in [6, 6.07) is 17.8. The average molecular weight is 377 g/mol. The third kappa shape index (κ3) is 3.66. The molecule has 4 saturated carbocycles. The van der Waals surface area contributed by atoms with Crippen LogP contribution in [0.15, 0.2) is 54.6 Å². The zero-order valence-electron chi connectivity index (χ0n) is 16.1. The van der Waals surface area contributed by atoms with E-state index in [1.54, 1.807) is 0 Å². The lowest BCUT2D eigenvalue weighted by atomic mass is 9.54. The lowest BCUT2D eigenvalue weighted by Crippen LogP contribution is -2.55. The predicted molar refractivity (Wildman–Crippen MR) is 110 cm³/mol. The molecule has 0 heterocycles. The first-order chi connectivity index (χ1) is 13.7. The second kappa shape index (κ2) is 7.59. The molecule has 0 unspecified atom stereocenters. The van der Waals surface area contributed by atoms with Crippen molar-refractivity contribution in [3.05, 3.63) is 54.6 Å². The van der Waals surface area contributed by atoms with Crippen LogP contribution in [-0.4, -0.2) is 18.5 Å². The van der Waals surface area contributed by atoms with Crippen LogP contribution in [0.4, 0.5) is 5.69 Å². The van der Waals surface area contributed by atoms with E-state index >= 15 is 0 Å². The number of hydrogen-bond acceptors (Lipinski definition) is 3. The third-order valence-corrected chi connectivity index (χ3v) is 6.86. The van der Waals surface area contributed by atoms with Crippen molar-refractivity contribution in [2.24, 2.45) is 23.7 Å². The summed E-state index contributed by atoms with van der Waals surface area (Å²) < 4.78 is 5.95. The standard InChI is InChI=1S/C24H28N2O2/c27-23(15-25-24-18-11-16-10-17(13-18)14-19(24)12-16)26-21-8-4-5-9-22(21)28-20-6-2-1-3-7-20/h1-9,16-19,24-25H,10-15H2,(H,26,27). The molecule has 1 amide bonds. The molecule has 0 aliphatic heterocycles. The molecule has 4 aliphatic rings. The van der Waals surface area contributed by atoms with E-state index in [4.69, 9.17) is 4.74 Å². The van der Waals surface area contributed by atoms with Crippen molar-refractivity contribution in [2.45, 2.75) is 38.1 Å². The molecule has 0 spiro atoms. The average Bonchev–Trinajstić information content (AvgIpc) is 2.69. The van der Waals surface area contributed by atoms with Gasteiger partial charge in [-0.15, -0.1) is 0 Å². The molecule has 0 radical (unpaired) electrons. The monoisotopic (exact) mass is 376 g/mol. The van der Waals surface area contributed by atoms with Crippen LogP contribution in [0.3, 0.4) is 0 Å². The maximum absolute atomic E-state index is 12.6. The lowest BCUT2D eigenvalue weighted by molar-refractivity contribution is -0.116. The van der Waals surface area contributed by atoms with E-state index in [0.29, 0.717) is 24.0 Å². The molecule has 2 N–H and O–H groups in total. The molecule has 4 bridgehead atoms. The van der Waals surface area contributed by atoms with Crippen molar-refractivity contribution in [3.8, 4) is 11.5 Å². The summed E-state index contributed by atoms with van der Waals surface area (Å²) in [6.07, 6.45) is 6.90. The summed E-state index contributed by atoms with van der Waals surface area (Å²) in [5.74, 6) is 4.88. The molecule has 2 aromatic rings. The van der Waals surface area contributed by atoms with E-state index in [9.17, 15) is 4.79 Å². The van der Waals surface area contributed by atoms with E-state index < -0.39 is 0 Å². The highest BCUT2D eigenvalue weighted by Crippen LogP contribution is 2.53. The Kier molecular flexibility index (Phi) is 4.81. The highest BCUT2D eigenvalue weighted by Gasteiger charge is 2.47. The summed E-state index contributed by atoms with van der Waals surface area (Å²) in [7, 11) is 0. The van der Waals surface area contributed by atoms with Gasteiger partial charge >= 0.3 is 0 Å². The van der Waals surface area contributed by atoms with Gasteiger partial charge in [-0.3, -0.25) is 4.79 Å². The molecular formula is C24H28N2O2. The van der Waals surface area contributed by atoms with Gasteiger partial charge in [0.25, 0.3) is 0 Å². The minimum atomic E-state index is -0.00193. The van der Waals surface area contributed by atoms with Crippen molar-refractivity contribution in [1.82, 2.24) is 5.32 Å². The smallest absolute Gasteiger partial charge is 0.238 e. The molecule has 28 heavy (non-hydrogen) atoms. The van der Waals surface area contributed by atoms with Crippen LogP contribution in [0.2, 0.25) is 0 Å². The van der Waals surface area contributed by atoms with Crippen molar-refractivity contribution >= 4 is 11.6 Å². The number of carbonyl (C=O) groups excluding carboxylic acids is 1. The van der Waals surface area contributed by atoms with Crippen molar-refractivity contribution in [3.63, 3.8) is 0 Å². The van der Waals surface area contributed by atoms with E-state index in [2.05, 4.69) is 10.6 Å². The second-order valence-corrected chi connectivity index (χ2v) is 8.80. The quantitative estimate of drug-likeness (QED) is 0.759. The maximum atomic E-state index is 12.6. The fourth-order valence-electron chi connectivity index (χ4n) is 5.94. The van der Waals surface area contributed by atoms with Crippen LogP contribution < -0.4 is 15.4 Å². The van der Waals surface area contributed by atoms with Crippen LogP contribution in [-0.2, 0) is 4.79 Å². The number of rotatable bonds is 6. The molecule has 0 atom stereocenters. The van der Waals surface area contributed by atoms with Gasteiger partial charge in [-0.05, 0) is 80.0 Å². The molecule has 2 aromatic carbocycles. The number of ether oxygens (including phenoxy) is 1. The molecule has 6 rings (SSSR count). The summed E-state index contributed by atoms with van der Waals surface area (Å²) in [5, 5.41) is 6.63. The Labute approximate surface area is 166 Å². The summed E-state index contributed by atoms with van der Waals surface area (Å²) in [5.41, 5.74) is 0.711. The number of hydrogen-bond donors (Lipinski definition) is 2. The fraction of sp³-hybridized carbons (Fsp3) is 0.458. The minimum absolute atomic E-state index is 0.00193. The Morgan fingerprint density at radius 3 is 2.21 bits per heavy atom. The number of anilines is 1. The van der Waals surface area contributed by atoms with Gasteiger partial charge in [0.1, 0.15) is 5.75 Å². The SMILES string of the molecule is O=C(CNC1C2CC3CC(C2)CC1C3)Nc1ccccc1Oc1ccccc1. The van der Waals surface area contributed by atoms with Crippen molar-refractivity contribution < 1.29 is 9.53 Å². The van der Waals surface area contributed by atoms with Gasteiger partial charge in [0.15, 0.2) is 5.75 Å². The normalized spacial score (nSPS) is 30.2. The van der Waals surface area contributed by atoms with Gasteiger partial charge in [0.2, 0.25) is 5.91 Å². The van der Waals surface area contributed by atoms with E-state index in [1.165, 1.54) is 32.1 Å². The van der Waals surface area contributed by atoms with Crippen molar-refractivity contribution in [1.29, 1.82) is 0 Å². The first-order valence-electron chi connectivity index (χ1n) is 10.6. The molecule has 4 fully saturated rings. The summed E-state index contributed by atoms with van der Waals surface area (Å²) >= 11 is 0. The zero-order valence-corrected chi connectivity index (χ0v) is 16.1. The maximum Gasteiger partial charge on any atom is 0.238 e. The first-order valence-corrected chi connectivity index (χ1v) is 10.6. The Morgan fingerprint density at radius 2 is 1.50 bits per heavy atom. The third-order valence-electron chi connectivity index (χ3n) is 6.86. The molecule has 146 valence electrons. The van der Waals surface area contributed by atoms with Crippen LogP contribution in [0, 0.1) is 23.7 Å². The van der Waals surface area contributed by atoms with Crippen LogP contribution in [0.1, 0.15) is 32.1 Å².